The fraction of sp³-hybridized carbons (Fsp3) is 0.800. The molecule has 3 nitrogen and oxygen atoms in total. The first-order chi connectivity index (χ1) is 8.70. The molecule has 0 aromatic carbocycles. The number of hydrogen-bond donors (Lipinski definition) is 2. The quantitative estimate of drug-likeness (QED) is 0.805. The van der Waals surface area contributed by atoms with E-state index >= 15 is 0 Å². The summed E-state index contributed by atoms with van der Waals surface area (Å²) in [5, 5.41) is 3.42. The highest BCUT2D eigenvalue weighted by Gasteiger charge is 2.45. The van der Waals surface area contributed by atoms with Gasteiger partial charge in [0, 0.05) is 11.6 Å². The summed E-state index contributed by atoms with van der Waals surface area (Å²) in [4.78, 5) is 4.62. The summed E-state index contributed by atoms with van der Waals surface area (Å²) < 4.78 is 0. The molecule has 3 N–H and O–H groups in total. The van der Waals surface area contributed by atoms with E-state index in [1.807, 2.05) is 0 Å². The Morgan fingerprint density at radius 1 is 1.39 bits per heavy atom. The molecule has 4 atom stereocenters. The molecule has 0 saturated heterocycles. The normalized spacial score (nSPS) is 38.2. The lowest BCUT2D eigenvalue weighted by Crippen LogP contribution is -2.45. The molecule has 0 amide bonds. The third-order valence-corrected chi connectivity index (χ3v) is 5.05. The first-order valence-corrected chi connectivity index (χ1v) is 7.54. The molecule has 3 aliphatic rings. The number of nitrogens with one attached hydrogen (secondary N) is 1. The SMILES string of the molecule is CCCCC1=C2NC(N)=N[C@H]3CC[C@H](C[C@@H]1C)[C@@H]23. The van der Waals surface area contributed by atoms with Crippen LogP contribution < -0.4 is 11.1 Å². The van der Waals surface area contributed by atoms with Gasteiger partial charge >= 0.3 is 0 Å². The second kappa shape index (κ2) is 4.60. The maximum atomic E-state index is 5.97. The monoisotopic (exact) mass is 247 g/mol. The van der Waals surface area contributed by atoms with E-state index in [9.17, 15) is 0 Å². The summed E-state index contributed by atoms with van der Waals surface area (Å²) in [5.74, 6) is 2.87. The number of rotatable bonds is 3. The van der Waals surface area contributed by atoms with Crippen LogP contribution in [0, 0.1) is 17.8 Å². The molecule has 3 heteroatoms. The Labute approximate surface area is 110 Å². The molecule has 1 fully saturated rings. The molecular formula is C15H25N3. The molecule has 100 valence electrons. The lowest BCUT2D eigenvalue weighted by Gasteiger charge is -2.39. The van der Waals surface area contributed by atoms with Gasteiger partial charge < -0.3 is 11.1 Å². The van der Waals surface area contributed by atoms with Gasteiger partial charge in [0.2, 0.25) is 0 Å². The highest BCUT2D eigenvalue weighted by molar-refractivity contribution is 5.81. The molecule has 0 unspecified atom stereocenters. The highest BCUT2D eigenvalue weighted by atomic mass is 15.2. The average molecular weight is 247 g/mol. The van der Waals surface area contributed by atoms with Gasteiger partial charge in [-0.15, -0.1) is 0 Å². The van der Waals surface area contributed by atoms with Gasteiger partial charge in [-0.1, -0.05) is 20.3 Å². The van der Waals surface area contributed by atoms with Crippen LogP contribution in [0.3, 0.4) is 0 Å². The van der Waals surface area contributed by atoms with Crippen molar-refractivity contribution in [2.45, 2.75) is 58.4 Å². The van der Waals surface area contributed by atoms with Gasteiger partial charge in [-0.2, -0.15) is 0 Å². The van der Waals surface area contributed by atoms with Crippen LogP contribution in [0.25, 0.3) is 0 Å². The van der Waals surface area contributed by atoms with E-state index in [0.29, 0.717) is 17.9 Å². The molecule has 0 bridgehead atoms. The van der Waals surface area contributed by atoms with Crippen LogP contribution in [-0.4, -0.2) is 12.0 Å². The van der Waals surface area contributed by atoms with Crippen LogP contribution in [0.4, 0.5) is 0 Å². The van der Waals surface area contributed by atoms with E-state index in [0.717, 1.165) is 11.8 Å². The van der Waals surface area contributed by atoms with Crippen LogP contribution in [-0.2, 0) is 0 Å². The molecule has 0 aromatic rings. The Kier molecular flexibility index (Phi) is 3.08. The second-order valence-corrected chi connectivity index (χ2v) is 6.25. The molecular weight excluding hydrogens is 222 g/mol. The molecule has 18 heavy (non-hydrogen) atoms. The van der Waals surface area contributed by atoms with Crippen molar-refractivity contribution in [3.05, 3.63) is 11.3 Å². The summed E-state index contributed by atoms with van der Waals surface area (Å²) in [6, 6.07) is 0.468. The van der Waals surface area contributed by atoms with Crippen LogP contribution in [0.2, 0.25) is 0 Å². The molecule has 2 aliphatic carbocycles. The van der Waals surface area contributed by atoms with Gasteiger partial charge in [0.25, 0.3) is 0 Å². The minimum Gasteiger partial charge on any atom is -0.370 e. The number of nitrogens with two attached hydrogens (primary N) is 1. The third kappa shape index (κ3) is 1.84. The van der Waals surface area contributed by atoms with E-state index < -0.39 is 0 Å². The van der Waals surface area contributed by atoms with Crippen LogP contribution in [0.1, 0.15) is 52.4 Å². The fourth-order valence-electron chi connectivity index (χ4n) is 4.23. The number of hydrogen-bond acceptors (Lipinski definition) is 3. The summed E-state index contributed by atoms with van der Waals surface area (Å²) in [5.41, 5.74) is 9.07. The summed E-state index contributed by atoms with van der Waals surface area (Å²) in [6.45, 7) is 4.66. The lowest BCUT2D eigenvalue weighted by molar-refractivity contribution is 0.299. The Morgan fingerprint density at radius 3 is 3.00 bits per heavy atom. The molecule has 1 saturated carbocycles. The molecule has 1 heterocycles. The van der Waals surface area contributed by atoms with Gasteiger partial charge in [0.05, 0.1) is 6.04 Å². The third-order valence-electron chi connectivity index (χ3n) is 5.05. The first kappa shape index (κ1) is 12.1. The van der Waals surface area contributed by atoms with Gasteiger partial charge in [0.1, 0.15) is 0 Å². The van der Waals surface area contributed by atoms with Crippen LogP contribution in [0.5, 0.6) is 0 Å². The Bertz CT molecular complexity index is 397. The lowest BCUT2D eigenvalue weighted by atomic mass is 9.72. The molecule has 3 rings (SSSR count). The predicted molar refractivity (Wildman–Crippen MR) is 75.1 cm³/mol. The number of unbranched alkanes of at least 4 members (excludes halogenated alkanes) is 1. The predicted octanol–water partition coefficient (Wildman–Crippen LogP) is 2.78. The minimum atomic E-state index is 0.468. The first-order valence-electron chi connectivity index (χ1n) is 7.54. The Balaban J connectivity index is 1.96. The molecule has 1 aliphatic heterocycles. The Hall–Kier alpha value is -0.990. The van der Waals surface area contributed by atoms with Crippen molar-refractivity contribution < 1.29 is 0 Å². The maximum Gasteiger partial charge on any atom is 0.193 e. The number of nitrogens with zero attached hydrogens (tertiary/aromatic N) is 1. The van der Waals surface area contributed by atoms with E-state index in [1.54, 1.807) is 5.57 Å². The maximum absolute atomic E-state index is 5.97. The van der Waals surface area contributed by atoms with Crippen molar-refractivity contribution in [2.75, 3.05) is 0 Å². The molecule has 0 spiro atoms. The number of aliphatic imine (C=N–C) groups is 1. The second-order valence-electron chi connectivity index (χ2n) is 6.25. The molecule has 0 aromatic heterocycles. The number of guanidine groups is 1. The van der Waals surface area contributed by atoms with E-state index in [-0.39, 0.29) is 0 Å². The van der Waals surface area contributed by atoms with Crippen molar-refractivity contribution in [1.82, 2.24) is 5.32 Å². The van der Waals surface area contributed by atoms with Crippen molar-refractivity contribution in [3.8, 4) is 0 Å². The largest absolute Gasteiger partial charge is 0.370 e. The van der Waals surface area contributed by atoms with Gasteiger partial charge in [-0.25, -0.2) is 4.99 Å². The van der Waals surface area contributed by atoms with Crippen molar-refractivity contribution in [1.29, 1.82) is 0 Å². The van der Waals surface area contributed by atoms with Crippen LogP contribution in [0.15, 0.2) is 16.3 Å². The number of allylic oxidation sites excluding steroid dienone is 1. The Morgan fingerprint density at radius 2 is 2.22 bits per heavy atom. The van der Waals surface area contributed by atoms with E-state index in [2.05, 4.69) is 24.2 Å². The topological polar surface area (TPSA) is 50.4 Å². The van der Waals surface area contributed by atoms with Crippen molar-refractivity contribution >= 4 is 5.96 Å². The molecule has 0 radical (unpaired) electrons. The average Bonchev–Trinajstić information content (AvgIpc) is 2.72. The summed E-state index contributed by atoms with van der Waals surface area (Å²) in [6.07, 6.45) is 7.73. The zero-order valence-corrected chi connectivity index (χ0v) is 11.6. The van der Waals surface area contributed by atoms with Crippen LogP contribution >= 0.6 is 0 Å². The minimum absolute atomic E-state index is 0.468. The van der Waals surface area contributed by atoms with Gasteiger partial charge in [-0.3, -0.25) is 0 Å². The van der Waals surface area contributed by atoms with Crippen molar-refractivity contribution in [2.24, 2.45) is 28.5 Å². The zero-order valence-electron chi connectivity index (χ0n) is 11.6. The van der Waals surface area contributed by atoms with Gasteiger partial charge in [0.15, 0.2) is 5.96 Å². The van der Waals surface area contributed by atoms with E-state index in [1.165, 1.54) is 44.2 Å². The summed E-state index contributed by atoms with van der Waals surface area (Å²) >= 11 is 0. The zero-order chi connectivity index (χ0) is 12.7. The van der Waals surface area contributed by atoms with E-state index in [4.69, 9.17) is 5.73 Å². The van der Waals surface area contributed by atoms with Gasteiger partial charge in [-0.05, 0) is 49.5 Å². The highest BCUT2D eigenvalue weighted by Crippen LogP contribution is 2.49. The smallest absolute Gasteiger partial charge is 0.193 e. The summed E-state index contributed by atoms with van der Waals surface area (Å²) in [7, 11) is 0. The fourth-order valence-corrected chi connectivity index (χ4v) is 4.23. The standard InChI is InChI=1S/C15H25N3/c1-3-4-5-11-9(2)8-10-6-7-12-13(10)14(11)18-15(16)17-12/h9-10,12-13H,3-8H2,1-2H3,(H3,16,17,18)/t9-,10+,12-,13+/m0/s1. The van der Waals surface area contributed by atoms with Crippen molar-refractivity contribution in [3.63, 3.8) is 0 Å².